The van der Waals surface area contributed by atoms with Crippen molar-refractivity contribution in [3.8, 4) is 0 Å². The maximum absolute atomic E-state index is 12.6. The molecule has 0 amide bonds. The van der Waals surface area contributed by atoms with Crippen LogP contribution in [0, 0.1) is 13.8 Å². The normalized spacial score (nSPS) is 12.9. The second kappa shape index (κ2) is 5.59. The molecule has 3 nitrogen and oxygen atoms in total. The fourth-order valence-corrected chi connectivity index (χ4v) is 3.65. The second-order valence-electron chi connectivity index (χ2n) is 4.77. The van der Waals surface area contributed by atoms with Crippen LogP contribution >= 0.6 is 0 Å². The average molecular weight is 288 g/mol. The van der Waals surface area contributed by atoms with E-state index in [2.05, 4.69) is 0 Å². The first-order valence-electron chi connectivity index (χ1n) is 6.28. The first-order valence-corrected chi connectivity index (χ1v) is 7.83. The summed E-state index contributed by atoms with van der Waals surface area (Å²) >= 11 is 0. The maximum atomic E-state index is 12.6. The molecule has 0 saturated carbocycles. The van der Waals surface area contributed by atoms with Crippen LogP contribution in [0.15, 0.2) is 53.4 Å². The summed E-state index contributed by atoms with van der Waals surface area (Å²) < 4.78 is 25.2. The lowest BCUT2D eigenvalue weighted by molar-refractivity contribution is -0.107. The second-order valence-corrected chi connectivity index (χ2v) is 6.84. The van der Waals surface area contributed by atoms with Gasteiger partial charge in [-0.1, -0.05) is 42.0 Å². The summed E-state index contributed by atoms with van der Waals surface area (Å²) in [6, 6.07) is 13.6. The molecule has 1 atom stereocenters. The molecular weight excluding hydrogens is 272 g/mol. The summed E-state index contributed by atoms with van der Waals surface area (Å²) in [5, 5.41) is -1.16. The maximum Gasteiger partial charge on any atom is 0.192 e. The number of benzene rings is 2. The van der Waals surface area contributed by atoms with E-state index in [0.29, 0.717) is 11.8 Å². The zero-order valence-corrected chi connectivity index (χ0v) is 12.2. The van der Waals surface area contributed by atoms with Crippen molar-refractivity contribution in [1.29, 1.82) is 0 Å². The van der Waals surface area contributed by atoms with Crippen LogP contribution in [0.4, 0.5) is 0 Å². The third kappa shape index (κ3) is 2.65. The van der Waals surface area contributed by atoms with Crippen molar-refractivity contribution >= 4 is 16.1 Å². The van der Waals surface area contributed by atoms with Gasteiger partial charge in [0.25, 0.3) is 0 Å². The van der Waals surface area contributed by atoms with E-state index in [1.54, 1.807) is 49.4 Å². The molecular formula is C16H16O3S. The lowest BCUT2D eigenvalue weighted by atomic mass is 10.1. The Morgan fingerprint density at radius 3 is 2.10 bits per heavy atom. The first kappa shape index (κ1) is 14.5. The zero-order valence-electron chi connectivity index (χ0n) is 11.4. The molecule has 0 radical (unpaired) electrons. The van der Waals surface area contributed by atoms with Gasteiger partial charge in [-0.25, -0.2) is 8.42 Å². The molecule has 4 heteroatoms. The van der Waals surface area contributed by atoms with Crippen molar-refractivity contribution in [3.05, 3.63) is 65.2 Å². The van der Waals surface area contributed by atoms with E-state index >= 15 is 0 Å². The van der Waals surface area contributed by atoms with Crippen LogP contribution in [-0.2, 0) is 14.6 Å². The fraction of sp³-hybridized carbons (Fsp3) is 0.188. The van der Waals surface area contributed by atoms with Crippen LogP contribution in [0.2, 0.25) is 0 Å². The summed E-state index contributed by atoms with van der Waals surface area (Å²) in [6.07, 6.45) is 0.498. The average Bonchev–Trinajstić information content (AvgIpc) is 2.42. The van der Waals surface area contributed by atoms with E-state index in [0.717, 1.165) is 11.1 Å². The third-order valence-electron chi connectivity index (χ3n) is 3.30. The Labute approximate surface area is 119 Å². The highest BCUT2D eigenvalue weighted by atomic mass is 32.2. The Bertz CT molecular complexity index is 716. The highest BCUT2D eigenvalue weighted by Gasteiger charge is 2.29. The largest absolute Gasteiger partial charge is 0.302 e. The van der Waals surface area contributed by atoms with Crippen molar-refractivity contribution in [2.45, 2.75) is 24.0 Å². The van der Waals surface area contributed by atoms with Gasteiger partial charge < -0.3 is 4.79 Å². The van der Waals surface area contributed by atoms with Crippen molar-refractivity contribution in [3.63, 3.8) is 0 Å². The van der Waals surface area contributed by atoms with Gasteiger partial charge in [0.2, 0.25) is 0 Å². The van der Waals surface area contributed by atoms with Gasteiger partial charge >= 0.3 is 0 Å². The van der Waals surface area contributed by atoms with Gasteiger partial charge in [0.1, 0.15) is 11.5 Å². The van der Waals surface area contributed by atoms with E-state index < -0.39 is 15.1 Å². The lowest BCUT2D eigenvalue weighted by Crippen LogP contribution is -2.16. The molecule has 0 heterocycles. The molecule has 0 bridgehead atoms. The van der Waals surface area contributed by atoms with Crippen LogP contribution in [0.5, 0.6) is 0 Å². The predicted molar refractivity (Wildman–Crippen MR) is 78.3 cm³/mol. The standard InChI is InChI=1S/C16H16O3S/c1-12-7-9-14(10-8-12)20(18,19)16(11-17)15-6-4-3-5-13(15)2/h3-11,16H,1-2H3. The Balaban J connectivity index is 2.54. The number of rotatable bonds is 4. The SMILES string of the molecule is Cc1ccc(S(=O)(=O)C(C=O)c2ccccc2C)cc1. The molecule has 2 aromatic carbocycles. The molecule has 20 heavy (non-hydrogen) atoms. The third-order valence-corrected chi connectivity index (χ3v) is 5.27. The predicted octanol–water partition coefficient (Wildman–Crippen LogP) is 3.02. The molecule has 0 N–H and O–H groups in total. The Morgan fingerprint density at radius 1 is 0.950 bits per heavy atom. The molecule has 2 aromatic rings. The molecule has 0 spiro atoms. The highest BCUT2D eigenvalue weighted by molar-refractivity contribution is 7.92. The van der Waals surface area contributed by atoms with Gasteiger partial charge in [-0.3, -0.25) is 0 Å². The lowest BCUT2D eigenvalue weighted by Gasteiger charge is -2.14. The number of hydrogen-bond donors (Lipinski definition) is 0. The monoisotopic (exact) mass is 288 g/mol. The van der Waals surface area contributed by atoms with Gasteiger partial charge in [-0.05, 0) is 37.1 Å². The van der Waals surface area contributed by atoms with Crippen molar-refractivity contribution in [1.82, 2.24) is 0 Å². The highest BCUT2D eigenvalue weighted by Crippen LogP contribution is 2.29. The van der Waals surface area contributed by atoms with E-state index in [-0.39, 0.29) is 4.90 Å². The molecule has 0 aliphatic rings. The molecule has 0 saturated heterocycles. The van der Waals surface area contributed by atoms with Crippen LogP contribution in [0.25, 0.3) is 0 Å². The number of carbonyl (C=O) groups excluding carboxylic acids is 1. The summed E-state index contributed by atoms with van der Waals surface area (Å²) in [7, 11) is -3.71. The minimum Gasteiger partial charge on any atom is -0.302 e. The van der Waals surface area contributed by atoms with Crippen LogP contribution in [0.3, 0.4) is 0 Å². The Morgan fingerprint density at radius 2 is 1.55 bits per heavy atom. The minimum absolute atomic E-state index is 0.170. The molecule has 1 unspecified atom stereocenters. The molecule has 0 aliphatic heterocycles. The number of aryl methyl sites for hydroxylation is 2. The summed E-state index contributed by atoms with van der Waals surface area (Å²) in [6.45, 7) is 3.69. The molecule has 104 valence electrons. The van der Waals surface area contributed by atoms with Gasteiger partial charge in [-0.15, -0.1) is 0 Å². The Kier molecular flexibility index (Phi) is 4.04. The van der Waals surface area contributed by atoms with Gasteiger partial charge in [0, 0.05) is 0 Å². The topological polar surface area (TPSA) is 51.2 Å². The number of hydrogen-bond acceptors (Lipinski definition) is 3. The van der Waals surface area contributed by atoms with Gasteiger partial charge in [-0.2, -0.15) is 0 Å². The van der Waals surface area contributed by atoms with Crippen LogP contribution in [0.1, 0.15) is 21.9 Å². The number of aldehydes is 1. The number of carbonyl (C=O) groups is 1. The van der Waals surface area contributed by atoms with Crippen molar-refractivity contribution < 1.29 is 13.2 Å². The van der Waals surface area contributed by atoms with Crippen molar-refractivity contribution in [2.24, 2.45) is 0 Å². The minimum atomic E-state index is -3.71. The van der Waals surface area contributed by atoms with Gasteiger partial charge in [0.05, 0.1) is 4.90 Å². The van der Waals surface area contributed by atoms with E-state index in [1.807, 2.05) is 13.0 Å². The number of sulfone groups is 1. The first-order chi connectivity index (χ1) is 9.46. The quantitative estimate of drug-likeness (QED) is 0.813. The smallest absolute Gasteiger partial charge is 0.192 e. The van der Waals surface area contributed by atoms with Gasteiger partial charge in [0.15, 0.2) is 9.84 Å². The zero-order chi connectivity index (χ0) is 14.8. The Hall–Kier alpha value is -1.94. The molecule has 0 aromatic heterocycles. The van der Waals surface area contributed by atoms with E-state index in [9.17, 15) is 13.2 Å². The summed E-state index contributed by atoms with van der Waals surface area (Å²) in [5.74, 6) is 0. The van der Waals surface area contributed by atoms with E-state index in [4.69, 9.17) is 0 Å². The molecule has 0 fully saturated rings. The van der Waals surface area contributed by atoms with E-state index in [1.165, 1.54) is 0 Å². The summed E-state index contributed by atoms with van der Waals surface area (Å²) in [4.78, 5) is 11.5. The fourth-order valence-electron chi connectivity index (χ4n) is 2.09. The summed E-state index contributed by atoms with van der Waals surface area (Å²) in [5.41, 5.74) is 2.30. The van der Waals surface area contributed by atoms with Crippen LogP contribution < -0.4 is 0 Å². The molecule has 0 aliphatic carbocycles. The van der Waals surface area contributed by atoms with Crippen molar-refractivity contribution in [2.75, 3.05) is 0 Å². The molecule has 2 rings (SSSR count). The van der Waals surface area contributed by atoms with Crippen LogP contribution in [-0.4, -0.2) is 14.7 Å².